The summed E-state index contributed by atoms with van der Waals surface area (Å²) in [6.07, 6.45) is 73.9. The molecule has 0 radical (unpaired) electrons. The van der Waals surface area contributed by atoms with E-state index in [0.29, 0.717) is 19.4 Å². The second kappa shape index (κ2) is 57.1. The zero-order valence-corrected chi connectivity index (χ0v) is 45.1. The molecule has 6 nitrogen and oxygen atoms in total. The van der Waals surface area contributed by atoms with Gasteiger partial charge in [0.15, 0.2) is 0 Å². The predicted molar refractivity (Wildman–Crippen MR) is 296 cm³/mol. The average Bonchev–Trinajstić information content (AvgIpc) is 3.34. The van der Waals surface area contributed by atoms with Crippen molar-refractivity contribution in [2.24, 2.45) is 0 Å². The number of nitrogens with one attached hydrogen (secondary N) is 1. The monoisotopic (exact) mass is 952 g/mol. The van der Waals surface area contributed by atoms with Crippen LogP contribution in [0.2, 0.25) is 0 Å². The van der Waals surface area contributed by atoms with Gasteiger partial charge in [-0.05, 0) is 96.3 Å². The van der Waals surface area contributed by atoms with Crippen LogP contribution in [0.25, 0.3) is 0 Å². The van der Waals surface area contributed by atoms with Crippen LogP contribution in [-0.2, 0) is 14.3 Å². The van der Waals surface area contributed by atoms with Crippen molar-refractivity contribution in [3.05, 3.63) is 60.8 Å². The quantitative estimate of drug-likeness (QED) is 0.0244. The Labute approximate surface area is 422 Å². The highest BCUT2D eigenvalue weighted by atomic mass is 16.5. The van der Waals surface area contributed by atoms with Crippen molar-refractivity contribution >= 4 is 11.9 Å². The summed E-state index contributed by atoms with van der Waals surface area (Å²) in [6.45, 7) is 4.84. The molecule has 0 rings (SSSR count). The second-order valence-corrected chi connectivity index (χ2v) is 20.0. The molecule has 0 aliphatic carbocycles. The van der Waals surface area contributed by atoms with Crippen LogP contribution in [0.3, 0.4) is 0 Å². The Kier molecular flexibility index (Phi) is 55.1. The first kappa shape index (κ1) is 65.6. The number of amides is 1. The first-order valence-electron chi connectivity index (χ1n) is 29.6. The molecule has 0 saturated carbocycles. The van der Waals surface area contributed by atoms with Crippen molar-refractivity contribution in [1.82, 2.24) is 5.32 Å². The van der Waals surface area contributed by atoms with E-state index < -0.39 is 12.1 Å². The summed E-state index contributed by atoms with van der Waals surface area (Å²) in [4.78, 5) is 24.5. The Morgan fingerprint density at radius 2 is 0.779 bits per heavy atom. The van der Waals surface area contributed by atoms with E-state index in [1.807, 2.05) is 6.08 Å². The van der Waals surface area contributed by atoms with Gasteiger partial charge in [-0.15, -0.1) is 0 Å². The molecular formula is C62H113NO5. The smallest absolute Gasteiger partial charge is 0.305 e. The molecule has 0 saturated heterocycles. The number of hydrogen-bond acceptors (Lipinski definition) is 5. The first-order valence-corrected chi connectivity index (χ1v) is 29.6. The van der Waals surface area contributed by atoms with Crippen LogP contribution in [0.4, 0.5) is 0 Å². The van der Waals surface area contributed by atoms with Crippen molar-refractivity contribution < 1.29 is 24.5 Å². The lowest BCUT2D eigenvalue weighted by Gasteiger charge is -2.20. The summed E-state index contributed by atoms with van der Waals surface area (Å²) in [6, 6.07) is -0.637. The fourth-order valence-electron chi connectivity index (χ4n) is 8.71. The fraction of sp³-hybridized carbons (Fsp3) is 0.806. The van der Waals surface area contributed by atoms with E-state index in [1.54, 1.807) is 6.08 Å². The first-order chi connectivity index (χ1) is 33.5. The van der Waals surface area contributed by atoms with E-state index in [9.17, 15) is 19.8 Å². The molecule has 1 amide bonds. The Balaban J connectivity index is 3.51. The zero-order valence-electron chi connectivity index (χ0n) is 45.1. The number of carbonyl (C=O) groups excluding carboxylic acids is 2. The van der Waals surface area contributed by atoms with Crippen LogP contribution in [0.1, 0.15) is 296 Å². The van der Waals surface area contributed by atoms with Crippen LogP contribution in [0.15, 0.2) is 60.8 Å². The van der Waals surface area contributed by atoms with Crippen molar-refractivity contribution in [2.75, 3.05) is 13.2 Å². The molecule has 0 aromatic rings. The molecule has 0 fully saturated rings. The van der Waals surface area contributed by atoms with E-state index in [1.165, 1.54) is 186 Å². The highest BCUT2D eigenvalue weighted by molar-refractivity contribution is 5.76. The van der Waals surface area contributed by atoms with Gasteiger partial charge in [0.25, 0.3) is 0 Å². The molecule has 68 heavy (non-hydrogen) atoms. The minimum Gasteiger partial charge on any atom is -0.466 e. The number of ether oxygens (including phenoxy) is 1. The molecule has 6 heteroatoms. The van der Waals surface area contributed by atoms with E-state index in [4.69, 9.17) is 4.74 Å². The SMILES string of the molecule is CCCCCC/C=C\C/C=C\CCCCCCCCCC(=O)OCCCCC/C=C\C=C/CCCCCCCCCCCCC(=O)NC(CO)C(O)/C=C/CCCCCCCCCCCCCC. The number of aliphatic hydroxyl groups is 2. The van der Waals surface area contributed by atoms with Gasteiger partial charge in [-0.2, -0.15) is 0 Å². The van der Waals surface area contributed by atoms with Crippen LogP contribution >= 0.6 is 0 Å². The molecule has 0 bridgehead atoms. The van der Waals surface area contributed by atoms with Crippen LogP contribution < -0.4 is 5.32 Å². The van der Waals surface area contributed by atoms with E-state index in [-0.39, 0.29) is 18.5 Å². The lowest BCUT2D eigenvalue weighted by Crippen LogP contribution is -2.45. The molecule has 0 aliphatic rings. The molecule has 396 valence electrons. The number of unbranched alkanes of at least 4 members (excludes halogenated alkanes) is 36. The highest BCUT2D eigenvalue weighted by Gasteiger charge is 2.18. The third-order valence-corrected chi connectivity index (χ3v) is 13.3. The van der Waals surface area contributed by atoms with Gasteiger partial charge in [0.05, 0.1) is 25.4 Å². The summed E-state index contributed by atoms with van der Waals surface area (Å²) in [5, 5.41) is 23.1. The molecule has 0 heterocycles. The number of hydrogen-bond donors (Lipinski definition) is 3. The topological polar surface area (TPSA) is 95.9 Å². The predicted octanol–water partition coefficient (Wildman–Crippen LogP) is 18.4. The Morgan fingerprint density at radius 1 is 0.426 bits per heavy atom. The number of esters is 1. The maximum absolute atomic E-state index is 12.4. The number of aliphatic hydroxyl groups excluding tert-OH is 2. The molecule has 3 N–H and O–H groups in total. The molecule has 2 unspecified atom stereocenters. The lowest BCUT2D eigenvalue weighted by atomic mass is 10.0. The molecule has 0 aliphatic heterocycles. The normalized spacial score (nSPS) is 13.1. The lowest BCUT2D eigenvalue weighted by molar-refractivity contribution is -0.143. The van der Waals surface area contributed by atoms with Crippen molar-refractivity contribution in [3.63, 3.8) is 0 Å². The fourth-order valence-corrected chi connectivity index (χ4v) is 8.71. The minimum absolute atomic E-state index is 0.0222. The number of carbonyl (C=O) groups is 2. The van der Waals surface area contributed by atoms with E-state index >= 15 is 0 Å². The molecule has 0 aromatic carbocycles. The van der Waals surface area contributed by atoms with Crippen LogP contribution in [0, 0.1) is 0 Å². The average molecular weight is 953 g/mol. The molecule has 2 atom stereocenters. The van der Waals surface area contributed by atoms with E-state index in [0.717, 1.165) is 83.5 Å². The molecule has 0 aromatic heterocycles. The maximum Gasteiger partial charge on any atom is 0.305 e. The molecule has 0 spiro atoms. The van der Waals surface area contributed by atoms with Crippen LogP contribution in [0.5, 0.6) is 0 Å². The second-order valence-electron chi connectivity index (χ2n) is 20.0. The Morgan fingerprint density at radius 3 is 1.22 bits per heavy atom. The van der Waals surface area contributed by atoms with E-state index in [2.05, 4.69) is 67.8 Å². The van der Waals surface area contributed by atoms with Crippen molar-refractivity contribution in [3.8, 4) is 0 Å². The third-order valence-electron chi connectivity index (χ3n) is 13.3. The van der Waals surface area contributed by atoms with Gasteiger partial charge in [0, 0.05) is 12.8 Å². The van der Waals surface area contributed by atoms with Gasteiger partial charge in [0.2, 0.25) is 5.91 Å². The van der Waals surface area contributed by atoms with Crippen LogP contribution in [-0.4, -0.2) is 47.4 Å². The summed E-state index contributed by atoms with van der Waals surface area (Å²) in [7, 11) is 0. The summed E-state index contributed by atoms with van der Waals surface area (Å²) in [5.41, 5.74) is 0. The van der Waals surface area contributed by atoms with Crippen molar-refractivity contribution in [1.29, 1.82) is 0 Å². The number of allylic oxidation sites excluding steroid dienone is 9. The Bertz CT molecular complexity index is 1190. The summed E-state index contributed by atoms with van der Waals surface area (Å²) < 4.78 is 5.46. The zero-order chi connectivity index (χ0) is 49.3. The minimum atomic E-state index is -0.852. The Hall–Kier alpha value is -2.44. The van der Waals surface area contributed by atoms with Gasteiger partial charge in [0.1, 0.15) is 0 Å². The van der Waals surface area contributed by atoms with Crippen molar-refractivity contribution in [2.45, 2.75) is 309 Å². The standard InChI is InChI=1S/C62H113NO5/c1-3-5-7-9-11-13-15-17-19-20-25-28-32-36-40-44-48-52-56-62(67)68-57-53-49-45-41-37-33-29-26-23-21-22-24-27-31-35-39-43-47-51-55-61(66)63-59(58-64)60(65)54-50-46-42-38-34-30-18-16-14-12-10-8-6-4-2/h13,15,19-20,26,29,33,37,50,54,59-60,64-65H,3-12,14,16-18,21-25,27-28,30-32,34-36,38-49,51-53,55-58H2,1-2H3,(H,63,66)/b15-13-,20-19-,29-26-,37-33-,54-50+. The van der Waals surface area contributed by atoms with Gasteiger partial charge >= 0.3 is 5.97 Å². The van der Waals surface area contributed by atoms with Gasteiger partial charge in [-0.3, -0.25) is 9.59 Å². The van der Waals surface area contributed by atoms with Gasteiger partial charge < -0.3 is 20.3 Å². The summed E-state index contributed by atoms with van der Waals surface area (Å²) in [5.74, 6) is -0.101. The van der Waals surface area contributed by atoms with Gasteiger partial charge in [-0.25, -0.2) is 0 Å². The van der Waals surface area contributed by atoms with Gasteiger partial charge in [-0.1, -0.05) is 248 Å². The largest absolute Gasteiger partial charge is 0.466 e. The third kappa shape index (κ3) is 52.9. The maximum atomic E-state index is 12.4. The highest BCUT2D eigenvalue weighted by Crippen LogP contribution is 2.16. The number of rotatable bonds is 54. The summed E-state index contributed by atoms with van der Waals surface area (Å²) >= 11 is 0. The molecular weight excluding hydrogens is 839 g/mol.